The Morgan fingerprint density at radius 1 is 1.06 bits per heavy atom. The highest BCUT2D eigenvalue weighted by Gasteiger charge is 2.38. The second kappa shape index (κ2) is 7.56. The van der Waals surface area contributed by atoms with Gasteiger partial charge in [-0.05, 0) is 61.4 Å². The van der Waals surface area contributed by atoms with Crippen LogP contribution in [0, 0.1) is 5.82 Å². The van der Waals surface area contributed by atoms with E-state index in [4.69, 9.17) is 0 Å². The molecule has 6 nitrogen and oxygen atoms in total. The van der Waals surface area contributed by atoms with Gasteiger partial charge in [0.15, 0.2) is 0 Å². The van der Waals surface area contributed by atoms with Gasteiger partial charge in [0.25, 0.3) is 5.91 Å². The Morgan fingerprint density at radius 3 is 2.70 bits per heavy atom. The lowest BCUT2D eigenvalue weighted by Crippen LogP contribution is -2.45. The Bertz CT molecular complexity index is 1360. The van der Waals surface area contributed by atoms with Crippen molar-refractivity contribution < 1.29 is 14.3 Å². The van der Waals surface area contributed by atoms with Gasteiger partial charge in [-0.15, -0.1) is 0 Å². The van der Waals surface area contributed by atoms with Crippen molar-refractivity contribution in [2.24, 2.45) is 0 Å². The standard InChI is InChI=1S/C26H25FN4O2/c27-20-9-2-1-8-19(20)26(33)11-13-31(14-12-26)25(32)18-7-4-10-21-22(18)17-6-3-5-16-15-28-30-23(16)24(17)29-21/h1-2,4,7-10,15,29,33H,3,5-6,11-14H2,(H,28,30). The molecule has 0 radical (unpaired) electrons. The number of rotatable bonds is 2. The lowest BCUT2D eigenvalue weighted by atomic mass is 9.84. The minimum atomic E-state index is -1.25. The molecule has 1 aliphatic carbocycles. The summed E-state index contributed by atoms with van der Waals surface area (Å²) in [5.41, 5.74) is 5.03. The quantitative estimate of drug-likeness (QED) is 0.431. The Hall–Kier alpha value is -3.45. The van der Waals surface area contributed by atoms with Crippen LogP contribution in [0.3, 0.4) is 0 Å². The Morgan fingerprint density at radius 2 is 1.88 bits per heavy atom. The molecule has 0 bridgehead atoms. The van der Waals surface area contributed by atoms with Crippen molar-refractivity contribution in [3.63, 3.8) is 0 Å². The number of nitrogens with zero attached hydrogens (tertiary/aromatic N) is 2. The molecule has 0 unspecified atom stereocenters. The van der Waals surface area contributed by atoms with Gasteiger partial charge in [0, 0.05) is 35.1 Å². The predicted octanol–water partition coefficient (Wildman–Crippen LogP) is 4.31. The van der Waals surface area contributed by atoms with Crippen molar-refractivity contribution in [2.45, 2.75) is 37.7 Å². The van der Waals surface area contributed by atoms with E-state index in [0.29, 0.717) is 37.1 Å². The largest absolute Gasteiger partial charge is 0.385 e. The van der Waals surface area contributed by atoms with Gasteiger partial charge in [-0.25, -0.2) is 4.39 Å². The number of aliphatic hydroxyl groups is 1. The summed E-state index contributed by atoms with van der Waals surface area (Å²) in [6, 6.07) is 12.1. The van der Waals surface area contributed by atoms with E-state index >= 15 is 0 Å². The van der Waals surface area contributed by atoms with Crippen LogP contribution >= 0.6 is 0 Å². The zero-order valence-electron chi connectivity index (χ0n) is 18.2. The van der Waals surface area contributed by atoms with Crippen LogP contribution < -0.4 is 0 Å². The number of aromatic nitrogens is 3. The summed E-state index contributed by atoms with van der Waals surface area (Å²) in [5.74, 6) is -0.454. The van der Waals surface area contributed by atoms with E-state index in [-0.39, 0.29) is 5.91 Å². The molecule has 33 heavy (non-hydrogen) atoms. The molecule has 4 aromatic rings. The van der Waals surface area contributed by atoms with Crippen molar-refractivity contribution in [2.75, 3.05) is 13.1 Å². The summed E-state index contributed by atoms with van der Waals surface area (Å²) in [5, 5.41) is 19.4. The van der Waals surface area contributed by atoms with Crippen LogP contribution in [0.25, 0.3) is 22.3 Å². The molecule has 1 saturated heterocycles. The minimum absolute atomic E-state index is 0.0490. The summed E-state index contributed by atoms with van der Waals surface area (Å²) >= 11 is 0. The highest BCUT2D eigenvalue weighted by molar-refractivity contribution is 6.09. The molecule has 0 spiro atoms. The van der Waals surface area contributed by atoms with Crippen LogP contribution in [0.5, 0.6) is 0 Å². The summed E-state index contributed by atoms with van der Waals surface area (Å²) in [4.78, 5) is 18.9. The first kappa shape index (κ1) is 20.2. The van der Waals surface area contributed by atoms with Gasteiger partial charge in [0.1, 0.15) is 5.82 Å². The number of halogens is 1. The molecule has 1 aliphatic heterocycles. The number of fused-ring (bicyclic) bond motifs is 5. The molecule has 0 saturated carbocycles. The predicted molar refractivity (Wildman–Crippen MR) is 123 cm³/mol. The molecule has 3 N–H and O–H groups in total. The number of carbonyl (C=O) groups excluding carboxylic acids is 1. The number of nitrogens with one attached hydrogen (secondary N) is 2. The zero-order valence-corrected chi connectivity index (χ0v) is 18.2. The molecule has 1 fully saturated rings. The topological polar surface area (TPSA) is 85.0 Å². The SMILES string of the molecule is O=C(c1cccc2[nH]c3c(c12)CCCc1cn[nH]c1-3)N1CCC(O)(c2ccccc2F)CC1. The lowest BCUT2D eigenvalue weighted by molar-refractivity contribution is -0.0235. The summed E-state index contributed by atoms with van der Waals surface area (Å²) < 4.78 is 14.3. The average Bonchev–Trinajstić information content (AvgIpc) is 3.40. The molecule has 2 aromatic carbocycles. The maximum atomic E-state index is 14.3. The third kappa shape index (κ3) is 3.18. The van der Waals surface area contributed by atoms with E-state index in [0.717, 1.165) is 47.1 Å². The number of benzene rings is 2. The van der Waals surface area contributed by atoms with E-state index in [9.17, 15) is 14.3 Å². The Labute approximate surface area is 190 Å². The fourth-order valence-electron chi connectivity index (χ4n) is 5.49. The van der Waals surface area contributed by atoms with Crippen molar-refractivity contribution in [3.8, 4) is 11.4 Å². The molecule has 2 aromatic heterocycles. The summed E-state index contributed by atoms with van der Waals surface area (Å²) in [6.07, 6.45) is 5.32. The molecule has 0 atom stereocenters. The normalized spacial score (nSPS) is 17.5. The van der Waals surface area contributed by atoms with Crippen molar-refractivity contribution in [1.82, 2.24) is 20.1 Å². The Kier molecular flexibility index (Phi) is 4.62. The highest BCUT2D eigenvalue weighted by Crippen LogP contribution is 2.38. The van der Waals surface area contributed by atoms with E-state index in [2.05, 4.69) is 15.2 Å². The van der Waals surface area contributed by atoms with Gasteiger partial charge in [0.05, 0.1) is 23.2 Å². The van der Waals surface area contributed by atoms with Crippen LogP contribution in [0.4, 0.5) is 4.39 Å². The van der Waals surface area contributed by atoms with Crippen LogP contribution in [0.1, 0.15) is 46.3 Å². The van der Waals surface area contributed by atoms with Gasteiger partial charge in [0.2, 0.25) is 0 Å². The van der Waals surface area contributed by atoms with Gasteiger partial charge >= 0.3 is 0 Å². The van der Waals surface area contributed by atoms with Crippen LogP contribution in [-0.4, -0.2) is 44.2 Å². The third-order valence-corrected chi connectivity index (χ3v) is 7.25. The maximum absolute atomic E-state index is 14.3. The second-order valence-electron chi connectivity index (χ2n) is 9.13. The second-order valence-corrected chi connectivity index (χ2v) is 9.13. The molecule has 7 heteroatoms. The number of aromatic amines is 2. The lowest BCUT2D eigenvalue weighted by Gasteiger charge is -2.38. The van der Waals surface area contributed by atoms with Gasteiger partial charge < -0.3 is 15.0 Å². The van der Waals surface area contributed by atoms with Crippen molar-refractivity contribution >= 4 is 16.8 Å². The summed E-state index contributed by atoms with van der Waals surface area (Å²) in [6.45, 7) is 0.745. The fourth-order valence-corrected chi connectivity index (χ4v) is 5.49. The number of carbonyl (C=O) groups is 1. The monoisotopic (exact) mass is 444 g/mol. The number of aryl methyl sites for hydroxylation is 2. The molecule has 1 amide bonds. The van der Waals surface area contributed by atoms with Crippen LogP contribution in [0.15, 0.2) is 48.7 Å². The molecule has 6 rings (SSSR count). The van der Waals surface area contributed by atoms with Crippen molar-refractivity contribution in [3.05, 3.63) is 76.7 Å². The van der Waals surface area contributed by atoms with E-state index < -0.39 is 11.4 Å². The first-order valence-electron chi connectivity index (χ1n) is 11.5. The smallest absolute Gasteiger partial charge is 0.254 e. The maximum Gasteiger partial charge on any atom is 0.254 e. The molecule has 168 valence electrons. The minimum Gasteiger partial charge on any atom is -0.385 e. The van der Waals surface area contributed by atoms with Crippen LogP contribution in [-0.2, 0) is 18.4 Å². The number of H-pyrrole nitrogens is 2. The number of likely N-dealkylation sites (tertiary alicyclic amines) is 1. The third-order valence-electron chi connectivity index (χ3n) is 7.25. The molecule has 2 aliphatic rings. The van der Waals surface area contributed by atoms with Gasteiger partial charge in [-0.3, -0.25) is 9.89 Å². The Balaban J connectivity index is 1.33. The average molecular weight is 445 g/mol. The first-order valence-corrected chi connectivity index (χ1v) is 11.5. The zero-order chi connectivity index (χ0) is 22.6. The highest BCUT2D eigenvalue weighted by atomic mass is 19.1. The van der Waals surface area contributed by atoms with E-state index in [1.807, 2.05) is 24.4 Å². The van der Waals surface area contributed by atoms with Crippen LogP contribution in [0.2, 0.25) is 0 Å². The molecule has 3 heterocycles. The number of hydrogen-bond acceptors (Lipinski definition) is 3. The van der Waals surface area contributed by atoms with E-state index in [1.54, 1.807) is 23.1 Å². The number of hydrogen-bond donors (Lipinski definition) is 3. The van der Waals surface area contributed by atoms with Gasteiger partial charge in [-0.1, -0.05) is 24.3 Å². The number of amides is 1. The molecular formula is C26H25FN4O2. The number of piperidine rings is 1. The fraction of sp³-hybridized carbons (Fsp3) is 0.308. The molecular weight excluding hydrogens is 419 g/mol. The van der Waals surface area contributed by atoms with Crippen molar-refractivity contribution in [1.29, 1.82) is 0 Å². The first-order chi connectivity index (χ1) is 16.0. The van der Waals surface area contributed by atoms with Gasteiger partial charge in [-0.2, -0.15) is 5.10 Å². The van der Waals surface area contributed by atoms with E-state index in [1.165, 1.54) is 11.6 Å². The summed E-state index contributed by atoms with van der Waals surface area (Å²) in [7, 11) is 0.